The van der Waals surface area contributed by atoms with Crippen LogP contribution in [0, 0.1) is 6.92 Å². The van der Waals surface area contributed by atoms with Crippen LogP contribution in [0.4, 0.5) is 0 Å². The molecule has 0 unspecified atom stereocenters. The molecule has 7 nitrogen and oxygen atoms in total. The van der Waals surface area contributed by atoms with Gasteiger partial charge in [0.15, 0.2) is 5.65 Å². The van der Waals surface area contributed by atoms with Crippen LogP contribution < -0.4 is 0 Å². The highest BCUT2D eigenvalue weighted by Crippen LogP contribution is 2.35. The number of carbonyl (C=O) groups excluding carboxylic acids is 1. The topological polar surface area (TPSA) is 74.5 Å². The summed E-state index contributed by atoms with van der Waals surface area (Å²) < 4.78 is 2.02. The van der Waals surface area contributed by atoms with Crippen LogP contribution in [-0.2, 0) is 13.0 Å². The number of hydrogen-bond acceptors (Lipinski definition) is 6. The maximum Gasteiger partial charge on any atom is 0.253 e. The van der Waals surface area contributed by atoms with Crippen molar-refractivity contribution in [1.82, 2.24) is 23.7 Å². The van der Waals surface area contributed by atoms with Gasteiger partial charge in [0.25, 0.3) is 5.91 Å². The molecule has 0 saturated carbocycles. The van der Waals surface area contributed by atoms with Crippen molar-refractivity contribution in [3.63, 3.8) is 0 Å². The fourth-order valence-electron chi connectivity index (χ4n) is 5.24. The highest BCUT2D eigenvalue weighted by molar-refractivity contribution is 14.2. The fourth-order valence-corrected chi connectivity index (χ4v) is 6.49. The minimum atomic E-state index is -0.952. The van der Waals surface area contributed by atoms with Crippen molar-refractivity contribution in [3.05, 3.63) is 71.0 Å². The summed E-state index contributed by atoms with van der Waals surface area (Å²) >= 11 is 2.25. The second-order valence-electron chi connectivity index (χ2n) is 10.8. The third-order valence-electron chi connectivity index (χ3n) is 7.00. The largest absolute Gasteiger partial charge is 0.389 e. The summed E-state index contributed by atoms with van der Waals surface area (Å²) in [6.45, 7) is 7.87. The molecule has 198 valence electrons. The number of aryl methyl sites for hydroxylation is 1. The monoisotopic (exact) mass is 641 g/mol. The quantitative estimate of drug-likeness (QED) is 0.271. The Morgan fingerprint density at radius 3 is 2.63 bits per heavy atom. The molecule has 1 aliphatic rings. The molecule has 1 amide bonds. The molecule has 2 aromatic carbocycles. The number of likely N-dealkylation sites (N-methyl/N-ethyl adjacent to an activating group) is 2. The van der Waals surface area contributed by atoms with Crippen LogP contribution in [0.25, 0.3) is 33.5 Å². The van der Waals surface area contributed by atoms with Crippen molar-refractivity contribution in [2.45, 2.75) is 39.3 Å². The van der Waals surface area contributed by atoms with E-state index >= 15 is 0 Å². The molecule has 2 aromatic heterocycles. The summed E-state index contributed by atoms with van der Waals surface area (Å²) in [5.41, 5.74) is 9.27. The molecule has 0 saturated heterocycles. The summed E-state index contributed by atoms with van der Waals surface area (Å²) in [4.78, 5) is 26.7. The third kappa shape index (κ3) is 5.47. The number of aromatic nitrogens is 3. The van der Waals surface area contributed by atoms with Gasteiger partial charge in [-0.2, -0.15) is 0 Å². The highest BCUT2D eigenvalue weighted by atomic mass is 127. The Kier molecular flexibility index (Phi) is 7.56. The second-order valence-corrected chi connectivity index (χ2v) is 12.5. The Hall–Kier alpha value is -2.47. The molecule has 0 radical (unpaired) electrons. The second kappa shape index (κ2) is 10.6. The zero-order chi connectivity index (χ0) is 27.2. The van der Waals surface area contributed by atoms with E-state index < -0.39 is 5.60 Å². The van der Waals surface area contributed by atoms with E-state index in [4.69, 9.17) is 9.97 Å². The Morgan fingerprint density at radius 1 is 1.21 bits per heavy atom. The van der Waals surface area contributed by atoms with Gasteiger partial charge < -0.3 is 14.9 Å². The number of aliphatic hydroxyl groups is 1. The molecule has 1 N–H and O–H groups in total. The Bertz CT molecular complexity index is 1510. The van der Waals surface area contributed by atoms with Gasteiger partial charge in [0.2, 0.25) is 0 Å². The van der Waals surface area contributed by atoms with Crippen LogP contribution in [0.1, 0.15) is 40.9 Å². The van der Waals surface area contributed by atoms with Crippen molar-refractivity contribution in [2.24, 2.45) is 0 Å². The first-order valence-corrected chi connectivity index (χ1v) is 15.9. The average Bonchev–Trinajstić information content (AvgIpc) is 3.25. The van der Waals surface area contributed by atoms with E-state index in [2.05, 4.69) is 58.4 Å². The SMILES string of the molecule is Cc1cc(-c2cnc3c(n2)c(-c2ccc(C(=O)N(C)CC(C)(C)O)cc2)cn3SI)cc2c1CCN(C)C2. The van der Waals surface area contributed by atoms with Gasteiger partial charge in [0, 0.05) is 79.9 Å². The number of halogens is 1. The van der Waals surface area contributed by atoms with Gasteiger partial charge in [0.05, 0.1) is 17.5 Å². The molecular formula is C29H32IN5O2S. The lowest BCUT2D eigenvalue weighted by Crippen LogP contribution is -2.39. The van der Waals surface area contributed by atoms with Gasteiger partial charge in [-0.05, 0) is 80.8 Å². The van der Waals surface area contributed by atoms with Gasteiger partial charge >= 0.3 is 0 Å². The van der Waals surface area contributed by atoms with Crippen LogP contribution in [0.3, 0.4) is 0 Å². The van der Waals surface area contributed by atoms with Crippen LogP contribution in [0.2, 0.25) is 0 Å². The lowest BCUT2D eigenvalue weighted by molar-refractivity contribution is 0.0368. The van der Waals surface area contributed by atoms with Crippen molar-refractivity contribution in [1.29, 1.82) is 0 Å². The molecule has 5 rings (SSSR count). The zero-order valence-corrected chi connectivity index (χ0v) is 25.3. The maximum atomic E-state index is 12.9. The number of hydrogen-bond donors (Lipinski definition) is 1. The van der Waals surface area contributed by atoms with E-state index in [0.29, 0.717) is 5.56 Å². The molecule has 0 spiro atoms. The van der Waals surface area contributed by atoms with E-state index in [9.17, 15) is 9.90 Å². The van der Waals surface area contributed by atoms with Gasteiger partial charge in [-0.3, -0.25) is 8.77 Å². The van der Waals surface area contributed by atoms with Gasteiger partial charge in [-0.1, -0.05) is 12.1 Å². The van der Waals surface area contributed by atoms with Crippen LogP contribution in [0.5, 0.6) is 0 Å². The highest BCUT2D eigenvalue weighted by Gasteiger charge is 2.22. The standard InChI is InChI=1S/C29H32IN5O2S/c1-18-12-21(13-22-15-33(4)11-10-23(18)22)25-14-31-27-26(32-25)24(16-35(27)38-30)19-6-8-20(9-7-19)28(36)34(5)17-29(2,3)37/h6-9,12-14,16,37H,10-11,15,17H2,1-5H3. The van der Waals surface area contributed by atoms with Crippen molar-refractivity contribution in [3.8, 4) is 22.4 Å². The van der Waals surface area contributed by atoms with Crippen molar-refractivity contribution in [2.75, 3.05) is 27.2 Å². The zero-order valence-electron chi connectivity index (χ0n) is 22.3. The predicted octanol–water partition coefficient (Wildman–Crippen LogP) is 5.75. The first-order valence-electron chi connectivity index (χ1n) is 12.6. The van der Waals surface area contributed by atoms with Crippen LogP contribution in [-0.4, -0.2) is 67.5 Å². The molecule has 3 heterocycles. The minimum absolute atomic E-state index is 0.126. The summed E-state index contributed by atoms with van der Waals surface area (Å²) in [5, 5.41) is 10.1. The smallest absolute Gasteiger partial charge is 0.253 e. The number of rotatable bonds is 6. The molecule has 0 aliphatic carbocycles. The average molecular weight is 642 g/mol. The summed E-state index contributed by atoms with van der Waals surface area (Å²) in [6.07, 6.45) is 4.99. The van der Waals surface area contributed by atoms with E-state index in [1.165, 1.54) is 16.7 Å². The maximum absolute atomic E-state index is 12.9. The van der Waals surface area contributed by atoms with Crippen molar-refractivity contribution < 1.29 is 9.90 Å². The predicted molar refractivity (Wildman–Crippen MR) is 163 cm³/mol. The number of amides is 1. The third-order valence-corrected chi connectivity index (χ3v) is 8.70. The molecule has 0 atom stereocenters. The van der Waals surface area contributed by atoms with E-state index in [1.54, 1.807) is 34.9 Å². The van der Waals surface area contributed by atoms with Crippen LogP contribution in [0.15, 0.2) is 48.8 Å². The van der Waals surface area contributed by atoms with Gasteiger partial charge in [-0.25, -0.2) is 9.97 Å². The van der Waals surface area contributed by atoms with E-state index in [-0.39, 0.29) is 12.5 Å². The Morgan fingerprint density at radius 2 is 1.95 bits per heavy atom. The lowest BCUT2D eigenvalue weighted by Gasteiger charge is -2.27. The molecule has 38 heavy (non-hydrogen) atoms. The number of fused-ring (bicyclic) bond motifs is 2. The first-order chi connectivity index (χ1) is 18.0. The number of nitrogens with zero attached hydrogens (tertiary/aromatic N) is 5. The van der Waals surface area contributed by atoms with E-state index in [0.717, 1.165) is 53.1 Å². The Balaban J connectivity index is 1.52. The van der Waals surface area contributed by atoms with Crippen molar-refractivity contribution >= 4 is 47.4 Å². The van der Waals surface area contributed by atoms with Crippen LogP contribution >= 0.6 is 30.3 Å². The number of carbonyl (C=O) groups is 1. The molecular weight excluding hydrogens is 609 g/mol. The molecule has 0 bridgehead atoms. The summed E-state index contributed by atoms with van der Waals surface area (Å²) in [6, 6.07) is 12.1. The minimum Gasteiger partial charge on any atom is -0.389 e. The molecule has 9 heteroatoms. The summed E-state index contributed by atoms with van der Waals surface area (Å²) in [7, 11) is 5.42. The summed E-state index contributed by atoms with van der Waals surface area (Å²) in [5.74, 6) is -0.126. The molecule has 4 aromatic rings. The molecule has 0 fully saturated rings. The first kappa shape index (κ1) is 27.1. The van der Waals surface area contributed by atoms with E-state index in [1.807, 2.05) is 34.4 Å². The van der Waals surface area contributed by atoms with Gasteiger partial charge in [-0.15, -0.1) is 0 Å². The Labute approximate surface area is 240 Å². The lowest BCUT2D eigenvalue weighted by atomic mass is 9.92. The normalized spacial score (nSPS) is 14.1. The number of benzene rings is 2. The van der Waals surface area contributed by atoms with Gasteiger partial charge in [0.1, 0.15) is 5.52 Å². The fraction of sp³-hybridized carbons (Fsp3) is 0.345. The molecule has 1 aliphatic heterocycles.